The highest BCUT2D eigenvalue weighted by atomic mass is 19.4. The second kappa shape index (κ2) is 6.21. The van der Waals surface area contributed by atoms with Gasteiger partial charge in [0, 0.05) is 6.54 Å². The molecule has 0 radical (unpaired) electrons. The van der Waals surface area contributed by atoms with Crippen LogP contribution in [0, 0.1) is 5.41 Å². The quantitative estimate of drug-likeness (QED) is 0.843. The summed E-state index contributed by atoms with van der Waals surface area (Å²) in [7, 11) is 1.45. The van der Waals surface area contributed by atoms with E-state index in [1.165, 1.54) is 31.4 Å². The van der Waals surface area contributed by atoms with Gasteiger partial charge in [-0.3, -0.25) is 0 Å². The number of alkyl halides is 3. The van der Waals surface area contributed by atoms with Gasteiger partial charge in [0.2, 0.25) is 0 Å². The lowest BCUT2D eigenvalue weighted by Gasteiger charge is -2.41. The Balaban J connectivity index is 2.10. The van der Waals surface area contributed by atoms with Crippen LogP contribution in [-0.2, 0) is 4.74 Å². The predicted octanol–water partition coefficient (Wildman–Crippen LogP) is 1.90. The van der Waals surface area contributed by atoms with Crippen molar-refractivity contribution in [1.82, 2.24) is 5.32 Å². The summed E-state index contributed by atoms with van der Waals surface area (Å²) < 4.78 is 49.5. The Kier molecular flexibility index (Phi) is 4.75. The molecule has 1 atom stereocenters. The van der Waals surface area contributed by atoms with Crippen molar-refractivity contribution >= 4 is 0 Å². The normalized spacial score (nSPS) is 18.9. The first-order valence-electron chi connectivity index (χ1n) is 6.53. The molecule has 7 heteroatoms. The van der Waals surface area contributed by atoms with Crippen molar-refractivity contribution in [3.05, 3.63) is 29.8 Å². The van der Waals surface area contributed by atoms with Crippen molar-refractivity contribution in [3.8, 4) is 5.75 Å². The second-order valence-electron chi connectivity index (χ2n) is 5.28. The van der Waals surface area contributed by atoms with Crippen LogP contribution in [-0.4, -0.2) is 44.8 Å². The van der Waals surface area contributed by atoms with Crippen LogP contribution in [0.25, 0.3) is 0 Å². The summed E-state index contributed by atoms with van der Waals surface area (Å²) in [6, 6.07) is 3.96. The van der Waals surface area contributed by atoms with Crippen LogP contribution in [0.1, 0.15) is 11.6 Å². The standard InChI is InChI=1S/C14H18F3NO3/c1-20-11-4-2-10(3-5-11)12(14(15,16)17)18-6-13(7-19)8-21-9-13/h2-5,12,18-19H,6-9H2,1H3. The van der Waals surface area contributed by atoms with Crippen molar-refractivity contribution in [2.24, 2.45) is 5.41 Å². The summed E-state index contributed by atoms with van der Waals surface area (Å²) in [5.41, 5.74) is -0.507. The van der Waals surface area contributed by atoms with E-state index in [0.29, 0.717) is 5.75 Å². The van der Waals surface area contributed by atoms with Crippen molar-refractivity contribution in [3.63, 3.8) is 0 Å². The number of aliphatic hydroxyl groups is 1. The van der Waals surface area contributed by atoms with Crippen LogP contribution >= 0.6 is 0 Å². The monoisotopic (exact) mass is 305 g/mol. The lowest BCUT2D eigenvalue weighted by atomic mass is 9.86. The Labute approximate surface area is 120 Å². The van der Waals surface area contributed by atoms with Gasteiger partial charge in [-0.15, -0.1) is 0 Å². The van der Waals surface area contributed by atoms with Crippen LogP contribution in [0.15, 0.2) is 24.3 Å². The number of ether oxygens (including phenoxy) is 2. The number of methoxy groups -OCH3 is 1. The fourth-order valence-electron chi connectivity index (χ4n) is 2.18. The van der Waals surface area contributed by atoms with Crippen molar-refractivity contribution in [1.29, 1.82) is 0 Å². The summed E-state index contributed by atoms with van der Waals surface area (Å²) in [6.45, 7) is 0.375. The van der Waals surface area contributed by atoms with E-state index in [9.17, 15) is 18.3 Å². The third kappa shape index (κ3) is 3.66. The van der Waals surface area contributed by atoms with Crippen LogP contribution in [0.3, 0.4) is 0 Å². The Hall–Kier alpha value is -1.31. The maximum atomic E-state index is 13.2. The molecule has 21 heavy (non-hydrogen) atoms. The van der Waals surface area contributed by atoms with Crippen LogP contribution in [0.2, 0.25) is 0 Å². The molecule has 1 aliphatic rings. The molecule has 2 rings (SSSR count). The fourth-order valence-corrected chi connectivity index (χ4v) is 2.18. The molecule has 1 aromatic rings. The van der Waals surface area contributed by atoms with Gasteiger partial charge in [0.15, 0.2) is 0 Å². The maximum absolute atomic E-state index is 13.2. The van der Waals surface area contributed by atoms with E-state index in [-0.39, 0.29) is 31.9 Å². The first-order valence-corrected chi connectivity index (χ1v) is 6.53. The van der Waals surface area contributed by atoms with Crippen LogP contribution in [0.4, 0.5) is 13.2 Å². The van der Waals surface area contributed by atoms with Gasteiger partial charge in [-0.1, -0.05) is 12.1 Å². The maximum Gasteiger partial charge on any atom is 0.407 e. The molecule has 1 saturated heterocycles. The molecule has 0 amide bonds. The van der Waals surface area contributed by atoms with Crippen molar-refractivity contribution in [2.45, 2.75) is 12.2 Å². The Morgan fingerprint density at radius 3 is 2.33 bits per heavy atom. The number of aliphatic hydroxyl groups excluding tert-OH is 1. The molecule has 1 heterocycles. The van der Waals surface area contributed by atoms with E-state index in [2.05, 4.69) is 5.32 Å². The predicted molar refractivity (Wildman–Crippen MR) is 70.1 cm³/mol. The van der Waals surface area contributed by atoms with E-state index in [0.717, 1.165) is 0 Å². The molecule has 1 fully saturated rings. The van der Waals surface area contributed by atoms with Gasteiger partial charge >= 0.3 is 6.18 Å². The first-order chi connectivity index (χ1) is 9.90. The Bertz CT molecular complexity index is 452. The lowest BCUT2D eigenvalue weighted by molar-refractivity contribution is -0.170. The number of hydrogen-bond donors (Lipinski definition) is 2. The third-order valence-corrected chi connectivity index (χ3v) is 3.61. The van der Waals surface area contributed by atoms with Gasteiger partial charge in [-0.25, -0.2) is 0 Å². The highest BCUT2D eigenvalue weighted by molar-refractivity contribution is 5.29. The molecule has 1 aliphatic heterocycles. The largest absolute Gasteiger partial charge is 0.497 e. The van der Waals surface area contributed by atoms with Crippen LogP contribution < -0.4 is 10.1 Å². The zero-order valence-electron chi connectivity index (χ0n) is 11.6. The summed E-state index contributed by atoms with van der Waals surface area (Å²) >= 11 is 0. The number of rotatable bonds is 6. The van der Waals surface area contributed by atoms with E-state index in [1.807, 2.05) is 0 Å². The molecule has 4 nitrogen and oxygen atoms in total. The number of halogens is 3. The van der Waals surface area contributed by atoms with Crippen molar-refractivity contribution in [2.75, 3.05) is 33.5 Å². The topological polar surface area (TPSA) is 50.7 Å². The average molecular weight is 305 g/mol. The van der Waals surface area contributed by atoms with Gasteiger partial charge in [0.05, 0.1) is 32.3 Å². The molecule has 118 valence electrons. The average Bonchev–Trinajstić information content (AvgIpc) is 2.41. The van der Waals surface area contributed by atoms with Crippen LogP contribution in [0.5, 0.6) is 5.75 Å². The van der Waals surface area contributed by atoms with Gasteiger partial charge in [0.25, 0.3) is 0 Å². The molecule has 1 aromatic carbocycles. The summed E-state index contributed by atoms with van der Waals surface area (Å²) in [6.07, 6.45) is -4.42. The number of benzene rings is 1. The molecule has 0 spiro atoms. The molecule has 1 unspecified atom stereocenters. The van der Waals surface area contributed by atoms with Crippen molar-refractivity contribution < 1.29 is 27.8 Å². The highest BCUT2D eigenvalue weighted by Crippen LogP contribution is 2.35. The minimum Gasteiger partial charge on any atom is -0.497 e. The summed E-state index contributed by atoms with van der Waals surface area (Å²) in [5, 5.41) is 11.8. The molecule has 0 aromatic heterocycles. The Morgan fingerprint density at radius 2 is 1.95 bits per heavy atom. The summed E-state index contributed by atoms with van der Waals surface area (Å²) in [5.74, 6) is 0.499. The first kappa shape index (κ1) is 16.1. The van der Waals surface area contributed by atoms with Gasteiger partial charge < -0.3 is 19.9 Å². The Morgan fingerprint density at radius 1 is 1.33 bits per heavy atom. The van der Waals surface area contributed by atoms with E-state index in [1.54, 1.807) is 0 Å². The smallest absolute Gasteiger partial charge is 0.407 e. The zero-order valence-corrected chi connectivity index (χ0v) is 11.6. The third-order valence-electron chi connectivity index (χ3n) is 3.61. The fraction of sp³-hybridized carbons (Fsp3) is 0.571. The summed E-state index contributed by atoms with van der Waals surface area (Å²) in [4.78, 5) is 0. The highest BCUT2D eigenvalue weighted by Gasteiger charge is 2.44. The molecular weight excluding hydrogens is 287 g/mol. The zero-order chi connectivity index (χ0) is 15.5. The van der Waals surface area contributed by atoms with Gasteiger partial charge in [-0.05, 0) is 17.7 Å². The molecular formula is C14H18F3NO3. The lowest BCUT2D eigenvalue weighted by Crippen LogP contribution is -2.53. The van der Waals surface area contributed by atoms with E-state index < -0.39 is 17.6 Å². The number of nitrogens with one attached hydrogen (secondary N) is 1. The molecule has 0 saturated carbocycles. The van der Waals surface area contributed by atoms with E-state index in [4.69, 9.17) is 9.47 Å². The number of hydrogen-bond acceptors (Lipinski definition) is 4. The SMILES string of the molecule is COc1ccc(C(NCC2(CO)COC2)C(F)(F)F)cc1. The minimum absolute atomic E-state index is 0.0414. The van der Waals surface area contributed by atoms with E-state index >= 15 is 0 Å². The van der Waals surface area contributed by atoms with Gasteiger partial charge in [-0.2, -0.15) is 13.2 Å². The molecule has 0 aliphatic carbocycles. The second-order valence-corrected chi connectivity index (χ2v) is 5.28. The van der Waals surface area contributed by atoms with Gasteiger partial charge in [0.1, 0.15) is 11.8 Å². The molecule has 0 bridgehead atoms. The minimum atomic E-state index is -4.42. The molecule has 2 N–H and O–H groups in total.